The van der Waals surface area contributed by atoms with Crippen LogP contribution in [0, 0.1) is 0 Å². The molecule has 0 unspecified atom stereocenters. The van der Waals surface area contributed by atoms with Gasteiger partial charge in [-0.25, -0.2) is 0 Å². The van der Waals surface area contributed by atoms with Crippen LogP contribution in [0.1, 0.15) is 49.9 Å². The van der Waals surface area contributed by atoms with Crippen molar-refractivity contribution in [1.82, 2.24) is 0 Å². The van der Waals surface area contributed by atoms with Gasteiger partial charge in [0.05, 0.1) is 0 Å². The Morgan fingerprint density at radius 1 is 0.348 bits per heavy atom. The van der Waals surface area contributed by atoms with Gasteiger partial charge in [0.1, 0.15) is 23.9 Å². The summed E-state index contributed by atoms with van der Waals surface area (Å²) in [7, 11) is 0. The average Bonchev–Trinajstić information content (AvgIpc) is 3.25. The smallest absolute Gasteiger partial charge is 0.540 e. The van der Waals surface area contributed by atoms with Crippen LogP contribution in [-0.2, 0) is 98.2 Å². The molecule has 0 aromatic heterocycles. The topological polar surface area (TPSA) is 358 Å². The number of hydrogen-bond donors (Lipinski definition) is 8. The van der Waals surface area contributed by atoms with E-state index in [-0.39, 0.29) is 60.6 Å². The molecule has 0 atom stereocenters. The summed E-state index contributed by atoms with van der Waals surface area (Å²) >= 11 is 0. The fourth-order valence-corrected chi connectivity index (χ4v) is 4.67. The van der Waals surface area contributed by atoms with Gasteiger partial charge >= 0.3 is 34.1 Å². The number of carboxylic acid groups (broad SMARTS) is 4. The Labute approximate surface area is 402 Å². The predicted molar refractivity (Wildman–Crippen MR) is 226 cm³/mol. The fourth-order valence-electron chi connectivity index (χ4n) is 4.67. The van der Waals surface area contributed by atoms with Crippen LogP contribution in [0.5, 0.6) is 0 Å². The van der Waals surface area contributed by atoms with Crippen molar-refractivity contribution >= 4 is 70.3 Å². The zero-order valence-electron chi connectivity index (χ0n) is 36.2. The van der Waals surface area contributed by atoms with Gasteiger partial charge in [-0.05, 0) is 99.9 Å². The molecule has 4 amide bonds. The molecule has 8 N–H and O–H groups in total. The molecule has 366 valence electrons. The third-order valence-corrected chi connectivity index (χ3v) is 7.13. The number of para-hydroxylation sites is 4. The van der Waals surface area contributed by atoms with Crippen molar-refractivity contribution in [3.63, 3.8) is 0 Å². The first kappa shape index (κ1) is 66.1. The summed E-state index contributed by atoms with van der Waals surface area (Å²) in [5, 5.41) is 81.6. The zero-order valence-corrected chi connectivity index (χ0v) is 38.1. The monoisotopic (exact) mass is 1020 g/mol. The molecule has 4 aromatic carbocycles. The van der Waals surface area contributed by atoms with Gasteiger partial charge in [0.25, 0.3) is 23.6 Å². The molecule has 4 aromatic rings. The van der Waals surface area contributed by atoms with Gasteiger partial charge in [-0.1, -0.05) is 72.8 Å². The minimum absolute atomic E-state index is 0. The van der Waals surface area contributed by atoms with Crippen LogP contribution < -0.4 is 41.7 Å². The number of hydrogen-bond acceptors (Lipinski definition) is 16. The molecule has 0 heterocycles. The number of anilines is 4. The Balaban J connectivity index is -0.000000458. The van der Waals surface area contributed by atoms with Crippen molar-refractivity contribution in [3.8, 4) is 0 Å². The number of carbonyl (C=O) groups is 8. The number of rotatable bonds is 10. The first-order valence-electron chi connectivity index (χ1n) is 19.3. The summed E-state index contributed by atoms with van der Waals surface area (Å²) in [6.45, 7) is 7.72. The van der Waals surface area contributed by atoms with Crippen molar-refractivity contribution < 1.29 is 113 Å². The van der Waals surface area contributed by atoms with Crippen molar-refractivity contribution in [2.45, 2.75) is 53.4 Å². The molecule has 2 radical (unpaired) electrons. The Kier molecular flexibility index (Phi) is 40.1. The van der Waals surface area contributed by atoms with E-state index in [0.717, 1.165) is 0 Å². The van der Waals surface area contributed by atoms with E-state index in [0.29, 0.717) is 70.7 Å². The first-order chi connectivity index (χ1) is 30.4. The molecule has 20 nitrogen and oxygen atoms in total. The number of benzene rings is 4. The normalized spacial score (nSPS) is 8.97. The first-order valence-corrected chi connectivity index (χ1v) is 19.3. The van der Waals surface area contributed by atoms with Gasteiger partial charge in [-0.2, -0.15) is 0 Å². The molecular formula is C44H52Cu2N4O16. The second kappa shape index (κ2) is 40.1. The van der Waals surface area contributed by atoms with E-state index in [9.17, 15) is 58.8 Å². The second-order valence-corrected chi connectivity index (χ2v) is 11.9. The Morgan fingerprint density at radius 3 is 0.621 bits per heavy atom. The standard InChI is InChI=1S/2C18H16N2O6.4C2H6O.2Cu/c2*21-15(17(23)24)19-13-7-3-1-5-11(13)9-10-12-6-2-4-8-14(12)20-16(22)18(25)26;4*1-2-3;;/h2*1-8H,9-10H2,(H,19,21)(H,20,22)(H,23,24)(H,25,26);4*3H,2H2,1H3;;/q;;;;;;2*+2/p-4. The summed E-state index contributed by atoms with van der Waals surface area (Å²) in [6, 6.07) is 26.6. The number of amides is 4. The molecular weight excluding hydrogens is 968 g/mol. The van der Waals surface area contributed by atoms with E-state index in [1.807, 2.05) is 0 Å². The number of nitrogens with one attached hydrogen (secondary N) is 4. The molecule has 4 rings (SSSR count). The van der Waals surface area contributed by atoms with Gasteiger partial charge in [-0.3, -0.25) is 19.2 Å². The van der Waals surface area contributed by atoms with Gasteiger partial charge in [0.15, 0.2) is 0 Å². The summed E-state index contributed by atoms with van der Waals surface area (Å²) in [5.74, 6) is -12.4. The Morgan fingerprint density at radius 2 is 0.485 bits per heavy atom. The minimum Gasteiger partial charge on any atom is -0.540 e. The second-order valence-electron chi connectivity index (χ2n) is 11.9. The van der Waals surface area contributed by atoms with E-state index in [1.165, 1.54) is 0 Å². The SMILES string of the molecule is CCO.CCO.CCO.CCO.O=C([O-])C(=O)Nc1ccccc1CCc1ccccc1NC(=O)C(=O)[O-].O=C([O-])C(=O)Nc1ccccc1CCc1ccccc1NC(=O)C(=O)[O-].[Cu+2].[Cu+2]. The molecule has 0 saturated heterocycles. The predicted octanol–water partition coefficient (Wildman–Crippen LogP) is -2.31. The van der Waals surface area contributed by atoms with E-state index in [4.69, 9.17) is 20.4 Å². The maximum atomic E-state index is 11.3. The molecule has 0 spiro atoms. The number of aryl methyl sites for hydroxylation is 4. The Bertz CT molecular complexity index is 1810. The van der Waals surface area contributed by atoms with Gasteiger partial charge in [0, 0.05) is 49.2 Å². The third kappa shape index (κ3) is 29.1. The van der Waals surface area contributed by atoms with E-state index < -0.39 is 47.5 Å². The third-order valence-electron chi connectivity index (χ3n) is 7.13. The quantitative estimate of drug-likeness (QED) is 0.0611. The number of carbonyl (C=O) groups excluding carboxylic acids is 8. The van der Waals surface area contributed by atoms with Crippen LogP contribution in [0.3, 0.4) is 0 Å². The fraction of sp³-hybridized carbons (Fsp3) is 0.273. The van der Waals surface area contributed by atoms with Crippen LogP contribution in [0.2, 0.25) is 0 Å². The molecule has 0 bridgehead atoms. The van der Waals surface area contributed by atoms with Gasteiger partial charge < -0.3 is 81.3 Å². The molecule has 0 fully saturated rings. The maximum absolute atomic E-state index is 11.3. The zero-order chi connectivity index (χ0) is 49.0. The summed E-state index contributed by atoms with van der Waals surface area (Å²) in [6.07, 6.45) is 1.62. The van der Waals surface area contributed by atoms with E-state index >= 15 is 0 Å². The van der Waals surface area contributed by atoms with Crippen LogP contribution >= 0.6 is 0 Å². The van der Waals surface area contributed by atoms with Crippen molar-refractivity contribution in [2.75, 3.05) is 47.7 Å². The van der Waals surface area contributed by atoms with Gasteiger partial charge in [0.2, 0.25) is 0 Å². The molecule has 0 aliphatic rings. The van der Waals surface area contributed by atoms with Crippen molar-refractivity contribution in [1.29, 1.82) is 0 Å². The molecule has 22 heteroatoms. The summed E-state index contributed by atoms with van der Waals surface area (Å²) in [4.78, 5) is 87.5. The Hall–Kier alpha value is -6.48. The number of aliphatic carboxylic acids is 4. The van der Waals surface area contributed by atoms with Gasteiger partial charge in [-0.15, -0.1) is 0 Å². The molecule has 66 heavy (non-hydrogen) atoms. The van der Waals surface area contributed by atoms with Crippen LogP contribution in [0.25, 0.3) is 0 Å². The number of aliphatic hydroxyl groups excluding tert-OH is 4. The van der Waals surface area contributed by atoms with Crippen molar-refractivity contribution in [2.24, 2.45) is 0 Å². The average molecular weight is 1020 g/mol. The maximum Gasteiger partial charge on any atom is 2.00 e. The largest absolute Gasteiger partial charge is 2.00 e. The van der Waals surface area contributed by atoms with E-state index in [1.54, 1.807) is 125 Å². The van der Waals surface area contributed by atoms with Crippen molar-refractivity contribution in [3.05, 3.63) is 119 Å². The number of carboxylic acids is 4. The minimum atomic E-state index is -1.84. The van der Waals surface area contributed by atoms with Crippen LogP contribution in [0.15, 0.2) is 97.1 Å². The summed E-state index contributed by atoms with van der Waals surface area (Å²) in [5.41, 5.74) is 4.00. The number of aliphatic hydroxyl groups is 4. The molecule has 0 aliphatic heterocycles. The van der Waals surface area contributed by atoms with Crippen LogP contribution in [0.4, 0.5) is 22.7 Å². The van der Waals surface area contributed by atoms with E-state index in [2.05, 4.69) is 21.3 Å². The molecule has 0 saturated carbocycles. The molecule has 0 aliphatic carbocycles. The summed E-state index contributed by atoms with van der Waals surface area (Å²) < 4.78 is 0. The van der Waals surface area contributed by atoms with Crippen LogP contribution in [-0.4, -0.2) is 94.4 Å².